The number of aromatic nitrogens is 2. The van der Waals surface area contributed by atoms with Crippen LogP contribution in [0.25, 0.3) is 0 Å². The van der Waals surface area contributed by atoms with Crippen molar-refractivity contribution in [2.24, 2.45) is 11.3 Å². The van der Waals surface area contributed by atoms with Gasteiger partial charge in [0.15, 0.2) is 5.16 Å². The van der Waals surface area contributed by atoms with E-state index >= 15 is 0 Å². The lowest BCUT2D eigenvalue weighted by Crippen LogP contribution is -2.59. The highest BCUT2D eigenvalue weighted by Crippen LogP contribution is 2.61. The molecule has 2 N–H and O–H groups in total. The van der Waals surface area contributed by atoms with Crippen molar-refractivity contribution in [1.82, 2.24) is 9.55 Å². The van der Waals surface area contributed by atoms with Crippen LogP contribution >= 0.6 is 11.8 Å². The summed E-state index contributed by atoms with van der Waals surface area (Å²) >= 11 is 1.17. The lowest BCUT2D eigenvalue weighted by molar-refractivity contribution is -0.205. The van der Waals surface area contributed by atoms with Gasteiger partial charge >= 0.3 is 5.97 Å². The summed E-state index contributed by atoms with van der Waals surface area (Å²) in [4.78, 5) is 27.5. The highest BCUT2D eigenvalue weighted by atomic mass is 32.2. The normalized spacial score (nSPS) is 25.7. The molecule has 3 unspecified atom stereocenters. The van der Waals surface area contributed by atoms with Crippen molar-refractivity contribution < 1.29 is 9.53 Å². The first-order chi connectivity index (χ1) is 12.3. The fourth-order valence-corrected chi connectivity index (χ4v) is 4.21. The standard InChI is InChI=1S/C16H21N3O3S.C3H8/c1-3-6-19-12(17)8-13(20)18-15(19)23-9-14(21)22-11-7-10-4-5-16(10,11)2;1-3-2/h3,8,10-11H,1,4-7,9,17H2,2H3;3H2,1-2H3. The van der Waals surface area contributed by atoms with Gasteiger partial charge in [0.1, 0.15) is 11.9 Å². The summed E-state index contributed by atoms with van der Waals surface area (Å²) in [6, 6.07) is 1.26. The zero-order chi connectivity index (χ0) is 19.3. The van der Waals surface area contributed by atoms with Gasteiger partial charge in [-0.1, -0.05) is 45.0 Å². The number of nitrogens with zero attached hydrogens (tertiary/aromatic N) is 2. The molecule has 0 bridgehead atoms. The number of esters is 1. The lowest BCUT2D eigenvalue weighted by Gasteiger charge is -2.61. The highest BCUT2D eigenvalue weighted by molar-refractivity contribution is 7.99. The molecule has 26 heavy (non-hydrogen) atoms. The predicted octanol–water partition coefficient (Wildman–Crippen LogP) is 3.25. The number of fused-ring (bicyclic) bond motifs is 1. The number of nitrogen functional groups attached to an aromatic ring is 1. The molecule has 2 saturated carbocycles. The summed E-state index contributed by atoms with van der Waals surface area (Å²) in [5.41, 5.74) is 5.61. The number of hydrogen-bond acceptors (Lipinski definition) is 6. The summed E-state index contributed by atoms with van der Waals surface area (Å²) in [7, 11) is 0. The topological polar surface area (TPSA) is 87.2 Å². The summed E-state index contributed by atoms with van der Waals surface area (Å²) in [5.74, 6) is 0.879. The van der Waals surface area contributed by atoms with Crippen LogP contribution in [-0.2, 0) is 16.1 Å². The fourth-order valence-electron chi connectivity index (χ4n) is 3.41. The van der Waals surface area contributed by atoms with Crippen LogP contribution in [0.5, 0.6) is 0 Å². The van der Waals surface area contributed by atoms with E-state index in [0.29, 0.717) is 17.5 Å². The zero-order valence-corrected chi connectivity index (χ0v) is 16.7. The molecule has 3 rings (SSSR count). The smallest absolute Gasteiger partial charge is 0.316 e. The average Bonchev–Trinajstić information content (AvgIpc) is 2.58. The molecule has 7 heteroatoms. The predicted molar refractivity (Wildman–Crippen MR) is 105 cm³/mol. The number of anilines is 1. The van der Waals surface area contributed by atoms with Gasteiger partial charge in [-0.25, -0.2) is 0 Å². The number of carbonyl (C=O) groups excluding carboxylic acids is 1. The van der Waals surface area contributed by atoms with Gasteiger partial charge in [-0.15, -0.1) is 6.58 Å². The maximum Gasteiger partial charge on any atom is 0.316 e. The third-order valence-corrected chi connectivity index (χ3v) is 6.07. The van der Waals surface area contributed by atoms with E-state index < -0.39 is 5.56 Å². The molecule has 0 spiro atoms. The molecule has 0 radical (unpaired) electrons. The number of allylic oxidation sites excluding steroid dienone is 1. The minimum absolute atomic E-state index is 0.0403. The number of hydrogen-bond donors (Lipinski definition) is 1. The summed E-state index contributed by atoms with van der Waals surface area (Å²) in [6.45, 7) is 10.5. The molecule has 0 aliphatic heterocycles. The van der Waals surface area contributed by atoms with Crippen molar-refractivity contribution in [2.75, 3.05) is 11.5 Å². The second-order valence-electron chi connectivity index (χ2n) is 7.15. The minimum Gasteiger partial charge on any atom is -0.461 e. The average molecular weight is 380 g/mol. The Morgan fingerprint density at radius 2 is 2.27 bits per heavy atom. The minimum atomic E-state index is -0.414. The number of carbonyl (C=O) groups is 1. The van der Waals surface area contributed by atoms with E-state index in [0.717, 1.165) is 18.8 Å². The van der Waals surface area contributed by atoms with Gasteiger partial charge in [0.2, 0.25) is 0 Å². The van der Waals surface area contributed by atoms with Crippen LogP contribution in [-0.4, -0.2) is 27.4 Å². The molecular weight excluding hydrogens is 350 g/mol. The van der Waals surface area contributed by atoms with E-state index in [9.17, 15) is 9.59 Å². The van der Waals surface area contributed by atoms with Gasteiger partial charge in [-0.3, -0.25) is 9.59 Å². The summed E-state index contributed by atoms with van der Waals surface area (Å²) in [5, 5.41) is 0.410. The first-order valence-corrected chi connectivity index (χ1v) is 10.1. The van der Waals surface area contributed by atoms with Crippen molar-refractivity contribution in [1.29, 1.82) is 0 Å². The van der Waals surface area contributed by atoms with E-state index in [1.165, 1.54) is 30.7 Å². The monoisotopic (exact) mass is 379 g/mol. The Bertz CT molecular complexity index is 718. The molecular formula is C19H29N3O3S. The molecule has 0 amide bonds. The third-order valence-electron chi connectivity index (χ3n) is 5.12. The third kappa shape index (κ3) is 4.31. The van der Waals surface area contributed by atoms with Gasteiger partial charge < -0.3 is 15.0 Å². The van der Waals surface area contributed by atoms with Crippen LogP contribution in [0.15, 0.2) is 28.7 Å². The second kappa shape index (κ2) is 8.75. The Labute approximate surface area is 159 Å². The molecule has 2 aliphatic carbocycles. The molecule has 3 atom stereocenters. The molecule has 1 heterocycles. The van der Waals surface area contributed by atoms with Gasteiger partial charge in [-0.2, -0.15) is 4.98 Å². The van der Waals surface area contributed by atoms with Crippen molar-refractivity contribution in [3.05, 3.63) is 29.1 Å². The Hall–Kier alpha value is -1.76. The van der Waals surface area contributed by atoms with Crippen LogP contribution < -0.4 is 11.3 Å². The maximum atomic E-state index is 12.1. The Morgan fingerprint density at radius 1 is 1.58 bits per heavy atom. The summed E-state index contributed by atoms with van der Waals surface area (Å²) < 4.78 is 7.23. The van der Waals surface area contributed by atoms with Crippen molar-refractivity contribution >= 4 is 23.5 Å². The molecule has 2 aliphatic rings. The van der Waals surface area contributed by atoms with Crippen LogP contribution in [0.1, 0.15) is 46.5 Å². The van der Waals surface area contributed by atoms with Crippen molar-refractivity contribution in [2.45, 2.75) is 64.3 Å². The fraction of sp³-hybridized carbons (Fsp3) is 0.632. The number of rotatable bonds is 6. The van der Waals surface area contributed by atoms with Gasteiger partial charge in [0, 0.05) is 18.0 Å². The first-order valence-electron chi connectivity index (χ1n) is 9.16. The number of nitrogens with two attached hydrogens (primary N) is 1. The molecule has 6 nitrogen and oxygen atoms in total. The van der Waals surface area contributed by atoms with Crippen molar-refractivity contribution in [3.63, 3.8) is 0 Å². The van der Waals surface area contributed by atoms with Crippen LogP contribution in [0.3, 0.4) is 0 Å². The van der Waals surface area contributed by atoms with E-state index in [1.54, 1.807) is 10.6 Å². The summed E-state index contributed by atoms with van der Waals surface area (Å²) in [6.07, 6.45) is 6.32. The quantitative estimate of drug-likeness (QED) is 0.353. The van der Waals surface area contributed by atoms with E-state index in [-0.39, 0.29) is 23.2 Å². The number of thioether (sulfide) groups is 1. The zero-order valence-electron chi connectivity index (χ0n) is 15.9. The SMILES string of the molecule is C=CCn1c(N)cc(=O)nc1SCC(=O)OC1CC2CCC21C.CCC. The van der Waals surface area contributed by atoms with Crippen molar-refractivity contribution in [3.8, 4) is 0 Å². The molecule has 2 fully saturated rings. The van der Waals surface area contributed by atoms with Gasteiger partial charge in [0.25, 0.3) is 5.56 Å². The molecule has 1 aromatic rings. The Morgan fingerprint density at radius 3 is 2.77 bits per heavy atom. The first kappa shape index (κ1) is 20.6. The Balaban J connectivity index is 0.000000758. The van der Waals surface area contributed by atoms with Crippen LogP contribution in [0.4, 0.5) is 5.82 Å². The lowest BCUT2D eigenvalue weighted by atomic mass is 9.47. The second-order valence-corrected chi connectivity index (χ2v) is 8.10. The molecule has 144 valence electrons. The van der Waals surface area contributed by atoms with Gasteiger partial charge in [-0.05, 0) is 25.2 Å². The van der Waals surface area contributed by atoms with Crippen LogP contribution in [0.2, 0.25) is 0 Å². The highest BCUT2D eigenvalue weighted by Gasteiger charge is 2.59. The Kier molecular flexibility index (Phi) is 6.92. The maximum absolute atomic E-state index is 12.1. The molecule has 0 aromatic carbocycles. The van der Waals surface area contributed by atoms with E-state index in [1.807, 2.05) is 0 Å². The molecule has 1 aromatic heterocycles. The molecule has 0 saturated heterocycles. The van der Waals surface area contributed by atoms with Crippen LogP contribution in [0, 0.1) is 11.3 Å². The van der Waals surface area contributed by atoms with E-state index in [2.05, 4.69) is 32.3 Å². The number of ether oxygens (including phenoxy) is 1. The van der Waals surface area contributed by atoms with Gasteiger partial charge in [0.05, 0.1) is 5.75 Å². The largest absolute Gasteiger partial charge is 0.461 e. The van der Waals surface area contributed by atoms with E-state index in [4.69, 9.17) is 10.5 Å².